The molecule has 1 N–H and O–H groups in total. The van der Waals surface area contributed by atoms with Gasteiger partial charge in [0.2, 0.25) is 0 Å². The van der Waals surface area contributed by atoms with E-state index in [1.807, 2.05) is 18.5 Å². The fraction of sp³-hybridized carbons (Fsp3) is 0.231. The van der Waals surface area contributed by atoms with Crippen LogP contribution < -0.4 is 5.32 Å². The number of nitrogens with one attached hydrogen (secondary N) is 1. The SMILES string of the molecule is CNC(Cc1cc(Br)ccc1F)c1sccc1Cl. The highest BCUT2D eigenvalue weighted by Gasteiger charge is 2.17. The number of halogens is 3. The molecular formula is C13H12BrClFNS. The quantitative estimate of drug-likeness (QED) is 0.836. The zero-order valence-electron chi connectivity index (χ0n) is 9.71. The number of likely N-dealkylation sites (N-methyl/N-ethyl adjacent to an activating group) is 1. The summed E-state index contributed by atoms with van der Waals surface area (Å²) in [4.78, 5) is 1.04. The van der Waals surface area contributed by atoms with Gasteiger partial charge in [0.1, 0.15) is 5.82 Å². The van der Waals surface area contributed by atoms with Gasteiger partial charge >= 0.3 is 0 Å². The maximum atomic E-state index is 13.7. The van der Waals surface area contributed by atoms with Gasteiger partial charge in [-0.2, -0.15) is 0 Å². The van der Waals surface area contributed by atoms with E-state index >= 15 is 0 Å². The van der Waals surface area contributed by atoms with Crippen LogP contribution in [-0.2, 0) is 6.42 Å². The lowest BCUT2D eigenvalue weighted by molar-refractivity contribution is 0.559. The molecule has 0 saturated carbocycles. The maximum Gasteiger partial charge on any atom is 0.126 e. The van der Waals surface area contributed by atoms with Crippen LogP contribution in [0.15, 0.2) is 34.1 Å². The fourth-order valence-corrected chi connectivity index (χ4v) is 3.51. The van der Waals surface area contributed by atoms with E-state index in [1.54, 1.807) is 23.5 Å². The summed E-state index contributed by atoms with van der Waals surface area (Å²) in [5.41, 5.74) is 0.674. The second kappa shape index (κ2) is 6.15. The first kappa shape index (κ1) is 14.0. The fourth-order valence-electron chi connectivity index (χ4n) is 1.80. The van der Waals surface area contributed by atoms with Crippen molar-refractivity contribution < 1.29 is 4.39 Å². The molecule has 0 radical (unpaired) electrons. The molecule has 1 unspecified atom stereocenters. The Hall–Kier alpha value is -0.420. The molecule has 0 fully saturated rings. The van der Waals surface area contributed by atoms with Crippen molar-refractivity contribution in [3.63, 3.8) is 0 Å². The average molecular weight is 349 g/mol. The van der Waals surface area contributed by atoms with Crippen LogP contribution in [0.2, 0.25) is 5.02 Å². The molecule has 0 spiro atoms. The number of hydrogen-bond donors (Lipinski definition) is 1. The Kier molecular flexibility index (Phi) is 4.78. The molecule has 0 aliphatic rings. The van der Waals surface area contributed by atoms with Crippen molar-refractivity contribution in [3.05, 3.63) is 55.4 Å². The lowest BCUT2D eigenvalue weighted by Crippen LogP contribution is -2.18. The van der Waals surface area contributed by atoms with E-state index in [9.17, 15) is 4.39 Å². The minimum Gasteiger partial charge on any atom is -0.312 e. The van der Waals surface area contributed by atoms with Crippen LogP contribution in [-0.4, -0.2) is 7.05 Å². The van der Waals surface area contributed by atoms with Gasteiger partial charge in [0, 0.05) is 15.4 Å². The summed E-state index contributed by atoms with van der Waals surface area (Å²) in [5, 5.41) is 5.86. The summed E-state index contributed by atoms with van der Waals surface area (Å²) in [5.74, 6) is -0.189. The predicted molar refractivity (Wildman–Crippen MR) is 78.9 cm³/mol. The summed E-state index contributed by atoms with van der Waals surface area (Å²) in [7, 11) is 1.86. The first-order valence-electron chi connectivity index (χ1n) is 5.46. The lowest BCUT2D eigenvalue weighted by Gasteiger charge is -2.16. The van der Waals surface area contributed by atoms with Gasteiger partial charge < -0.3 is 5.32 Å². The molecular weight excluding hydrogens is 337 g/mol. The monoisotopic (exact) mass is 347 g/mol. The van der Waals surface area contributed by atoms with E-state index in [1.165, 1.54) is 6.07 Å². The van der Waals surface area contributed by atoms with Crippen molar-refractivity contribution in [2.75, 3.05) is 7.05 Å². The molecule has 0 aliphatic carbocycles. The van der Waals surface area contributed by atoms with E-state index in [-0.39, 0.29) is 11.9 Å². The minimum atomic E-state index is -0.189. The molecule has 1 heterocycles. The Labute approximate surface area is 123 Å². The highest BCUT2D eigenvalue weighted by atomic mass is 79.9. The van der Waals surface area contributed by atoms with Gasteiger partial charge in [-0.15, -0.1) is 11.3 Å². The Morgan fingerprint density at radius 3 is 2.83 bits per heavy atom. The van der Waals surface area contributed by atoms with Gasteiger partial charge in [0.25, 0.3) is 0 Å². The zero-order valence-corrected chi connectivity index (χ0v) is 12.9. The molecule has 2 rings (SSSR count). The second-order valence-corrected chi connectivity index (χ2v) is 6.18. The third-order valence-electron chi connectivity index (χ3n) is 2.74. The second-order valence-electron chi connectivity index (χ2n) is 3.91. The molecule has 0 bridgehead atoms. The third-order valence-corrected chi connectivity index (χ3v) is 4.71. The number of benzene rings is 1. The Bertz CT molecular complexity index is 544. The molecule has 0 aliphatic heterocycles. The van der Waals surface area contributed by atoms with Crippen LogP contribution in [0.1, 0.15) is 16.5 Å². The lowest BCUT2D eigenvalue weighted by atomic mass is 10.0. The number of rotatable bonds is 4. The molecule has 1 atom stereocenters. The average Bonchev–Trinajstić information content (AvgIpc) is 2.77. The molecule has 2 aromatic rings. The molecule has 5 heteroatoms. The summed E-state index contributed by atoms with van der Waals surface area (Å²) in [6.45, 7) is 0. The highest BCUT2D eigenvalue weighted by molar-refractivity contribution is 9.10. The maximum absolute atomic E-state index is 13.7. The Morgan fingerprint density at radius 2 is 2.22 bits per heavy atom. The first-order chi connectivity index (χ1) is 8.61. The van der Waals surface area contributed by atoms with Gasteiger partial charge in [-0.25, -0.2) is 4.39 Å². The smallest absolute Gasteiger partial charge is 0.126 e. The van der Waals surface area contributed by atoms with E-state index in [0.717, 1.165) is 14.4 Å². The standard InChI is InChI=1S/C13H12BrClFNS/c1-17-12(13-10(15)4-5-18-13)7-8-6-9(14)2-3-11(8)16/h2-6,12,17H,7H2,1H3. The van der Waals surface area contributed by atoms with Gasteiger partial charge in [-0.3, -0.25) is 0 Å². The van der Waals surface area contributed by atoms with E-state index < -0.39 is 0 Å². The van der Waals surface area contributed by atoms with Crippen molar-refractivity contribution in [2.45, 2.75) is 12.5 Å². The number of hydrogen-bond acceptors (Lipinski definition) is 2. The van der Waals surface area contributed by atoms with Crippen molar-refractivity contribution in [1.82, 2.24) is 5.32 Å². The molecule has 18 heavy (non-hydrogen) atoms. The molecule has 0 saturated heterocycles. The van der Waals surface area contributed by atoms with E-state index in [4.69, 9.17) is 11.6 Å². The van der Waals surface area contributed by atoms with E-state index in [0.29, 0.717) is 12.0 Å². The largest absolute Gasteiger partial charge is 0.312 e. The van der Waals surface area contributed by atoms with Gasteiger partial charge in [0.15, 0.2) is 0 Å². The van der Waals surface area contributed by atoms with E-state index in [2.05, 4.69) is 21.2 Å². The summed E-state index contributed by atoms with van der Waals surface area (Å²) >= 11 is 11.1. The van der Waals surface area contributed by atoms with Crippen LogP contribution in [0.25, 0.3) is 0 Å². The topological polar surface area (TPSA) is 12.0 Å². The summed E-state index contributed by atoms with van der Waals surface area (Å²) in [6, 6.07) is 6.87. The van der Waals surface area contributed by atoms with Gasteiger partial charge in [-0.1, -0.05) is 27.5 Å². The molecule has 96 valence electrons. The Morgan fingerprint density at radius 1 is 1.44 bits per heavy atom. The Balaban J connectivity index is 2.26. The summed E-state index contributed by atoms with van der Waals surface area (Å²) in [6.07, 6.45) is 0.571. The molecule has 1 aromatic heterocycles. The van der Waals surface area contributed by atoms with Crippen molar-refractivity contribution in [1.29, 1.82) is 0 Å². The van der Waals surface area contributed by atoms with Gasteiger partial charge in [0.05, 0.1) is 5.02 Å². The zero-order chi connectivity index (χ0) is 13.1. The van der Waals surface area contributed by atoms with Crippen LogP contribution in [0, 0.1) is 5.82 Å². The van der Waals surface area contributed by atoms with Crippen LogP contribution >= 0.6 is 38.9 Å². The van der Waals surface area contributed by atoms with Crippen molar-refractivity contribution in [2.24, 2.45) is 0 Å². The first-order valence-corrected chi connectivity index (χ1v) is 7.51. The predicted octanol–water partition coefficient (Wildman–Crippen LogP) is 4.81. The number of thiophene rings is 1. The molecule has 1 aromatic carbocycles. The summed E-state index contributed by atoms with van der Waals surface area (Å²) < 4.78 is 14.6. The van der Waals surface area contributed by atoms with Crippen LogP contribution in [0.3, 0.4) is 0 Å². The molecule has 1 nitrogen and oxygen atoms in total. The van der Waals surface area contributed by atoms with Crippen LogP contribution in [0.4, 0.5) is 4.39 Å². The normalized spacial score (nSPS) is 12.7. The third kappa shape index (κ3) is 3.12. The van der Waals surface area contributed by atoms with Gasteiger partial charge in [-0.05, 0) is 48.7 Å². The van der Waals surface area contributed by atoms with Crippen LogP contribution in [0.5, 0.6) is 0 Å². The minimum absolute atomic E-state index is 0.0290. The highest BCUT2D eigenvalue weighted by Crippen LogP contribution is 2.31. The van der Waals surface area contributed by atoms with Crippen molar-refractivity contribution in [3.8, 4) is 0 Å². The molecule has 0 amide bonds. The van der Waals surface area contributed by atoms with Crippen molar-refractivity contribution >= 4 is 38.9 Å².